The van der Waals surface area contributed by atoms with Crippen molar-refractivity contribution >= 4 is 18.1 Å². The molecule has 0 bridgehead atoms. The summed E-state index contributed by atoms with van der Waals surface area (Å²) in [5, 5.41) is 4.11. The number of nitrogens with zero attached hydrogens (tertiary/aromatic N) is 2. The van der Waals surface area contributed by atoms with E-state index in [0.717, 1.165) is 0 Å². The predicted octanol–water partition coefficient (Wildman–Crippen LogP) is 1.93. The minimum Gasteiger partial charge on any atom is -0.378 e. The molecule has 0 radical (unpaired) electrons. The average Bonchev–Trinajstić information content (AvgIpc) is 2.68. The molecule has 0 unspecified atom stereocenters. The highest BCUT2D eigenvalue weighted by Gasteiger charge is 2.11. The lowest BCUT2D eigenvalue weighted by atomic mass is 10.2. The van der Waals surface area contributed by atoms with Crippen molar-refractivity contribution in [2.24, 2.45) is 0 Å². The number of carbonyl (C=O) groups is 1. The van der Waals surface area contributed by atoms with E-state index in [2.05, 4.69) is 19.4 Å². The van der Waals surface area contributed by atoms with Gasteiger partial charge < -0.3 is 4.74 Å². The number of rotatable bonds is 3. The molecule has 0 aliphatic rings. The van der Waals surface area contributed by atoms with Gasteiger partial charge in [-0.2, -0.15) is 4.98 Å². The van der Waals surface area contributed by atoms with Gasteiger partial charge >= 0.3 is 12.5 Å². The SMILES string of the molecule is O=COc1nc(-c2ccccc2Cl)no1. The summed E-state index contributed by atoms with van der Waals surface area (Å²) in [6, 6.07) is 7.01. The zero-order valence-electron chi connectivity index (χ0n) is 7.38. The highest BCUT2D eigenvalue weighted by Crippen LogP contribution is 2.25. The van der Waals surface area contributed by atoms with Gasteiger partial charge in [0.05, 0.1) is 5.02 Å². The van der Waals surface area contributed by atoms with Gasteiger partial charge in [-0.3, -0.25) is 9.32 Å². The highest BCUT2D eigenvalue weighted by atomic mass is 35.5. The van der Waals surface area contributed by atoms with Crippen LogP contribution in [0.25, 0.3) is 11.4 Å². The van der Waals surface area contributed by atoms with Gasteiger partial charge in [-0.15, -0.1) is 0 Å². The monoisotopic (exact) mass is 224 g/mol. The first-order valence-corrected chi connectivity index (χ1v) is 4.38. The first kappa shape index (κ1) is 9.67. The van der Waals surface area contributed by atoms with Crippen LogP contribution in [0, 0.1) is 0 Å². The molecule has 15 heavy (non-hydrogen) atoms. The van der Waals surface area contributed by atoms with Crippen LogP contribution in [0.4, 0.5) is 0 Å². The van der Waals surface area contributed by atoms with Crippen molar-refractivity contribution < 1.29 is 14.1 Å². The van der Waals surface area contributed by atoms with Crippen LogP contribution >= 0.6 is 11.6 Å². The van der Waals surface area contributed by atoms with Crippen LogP contribution in [0.1, 0.15) is 0 Å². The van der Waals surface area contributed by atoms with Crippen molar-refractivity contribution in [3.8, 4) is 17.5 Å². The number of hydrogen-bond acceptors (Lipinski definition) is 5. The zero-order valence-corrected chi connectivity index (χ0v) is 8.14. The van der Waals surface area contributed by atoms with Gasteiger partial charge in [0.1, 0.15) is 0 Å². The molecule has 0 fully saturated rings. The minimum absolute atomic E-state index is 0.208. The van der Waals surface area contributed by atoms with E-state index in [1.165, 1.54) is 0 Å². The molecule has 0 aliphatic carbocycles. The summed E-state index contributed by atoms with van der Waals surface area (Å²) in [6.45, 7) is 0.212. The van der Waals surface area contributed by atoms with Crippen LogP contribution < -0.4 is 4.74 Å². The van der Waals surface area contributed by atoms with Gasteiger partial charge in [-0.1, -0.05) is 28.9 Å². The predicted molar refractivity (Wildman–Crippen MR) is 51.4 cm³/mol. The molecule has 0 N–H and O–H groups in total. The lowest BCUT2D eigenvalue weighted by molar-refractivity contribution is -0.122. The summed E-state index contributed by atoms with van der Waals surface area (Å²) in [4.78, 5) is 13.8. The summed E-state index contributed by atoms with van der Waals surface area (Å²) in [5.41, 5.74) is 0.615. The Labute approximate surface area is 89.6 Å². The van der Waals surface area contributed by atoms with Crippen LogP contribution in [-0.4, -0.2) is 16.6 Å². The van der Waals surface area contributed by atoms with E-state index in [0.29, 0.717) is 10.6 Å². The second kappa shape index (κ2) is 4.10. The lowest BCUT2D eigenvalue weighted by Gasteiger charge is -1.95. The van der Waals surface area contributed by atoms with E-state index < -0.39 is 0 Å². The Balaban J connectivity index is 2.37. The largest absolute Gasteiger partial charge is 0.425 e. The summed E-state index contributed by atoms with van der Waals surface area (Å²) < 4.78 is 9.03. The fraction of sp³-hybridized carbons (Fsp3) is 0. The molecule has 5 nitrogen and oxygen atoms in total. The van der Waals surface area contributed by atoms with E-state index >= 15 is 0 Å². The van der Waals surface area contributed by atoms with Crippen molar-refractivity contribution in [2.75, 3.05) is 0 Å². The summed E-state index contributed by atoms with van der Waals surface area (Å²) >= 11 is 5.91. The van der Waals surface area contributed by atoms with Crippen LogP contribution in [0.5, 0.6) is 6.08 Å². The Morgan fingerprint density at radius 1 is 1.40 bits per heavy atom. The third-order valence-corrected chi connectivity index (χ3v) is 2.00. The molecule has 2 aromatic rings. The summed E-state index contributed by atoms with van der Waals surface area (Å²) in [7, 11) is 0. The van der Waals surface area contributed by atoms with E-state index in [4.69, 9.17) is 11.6 Å². The number of benzene rings is 1. The normalized spacial score (nSPS) is 9.93. The molecule has 0 atom stereocenters. The first-order valence-electron chi connectivity index (χ1n) is 4.00. The molecule has 0 spiro atoms. The Bertz CT molecular complexity index is 484. The third kappa shape index (κ3) is 1.97. The van der Waals surface area contributed by atoms with Gasteiger partial charge in [0, 0.05) is 5.56 Å². The van der Waals surface area contributed by atoms with Gasteiger partial charge in [-0.25, -0.2) is 0 Å². The Morgan fingerprint density at radius 2 is 2.20 bits per heavy atom. The van der Waals surface area contributed by atoms with Crippen LogP contribution in [0.3, 0.4) is 0 Å². The van der Waals surface area contributed by atoms with Gasteiger partial charge in [0.2, 0.25) is 5.82 Å². The summed E-state index contributed by atoms with van der Waals surface area (Å²) in [5.74, 6) is 0.275. The van der Waals surface area contributed by atoms with E-state index in [-0.39, 0.29) is 18.4 Å². The fourth-order valence-electron chi connectivity index (χ4n) is 1.05. The van der Waals surface area contributed by atoms with Crippen LogP contribution in [0.15, 0.2) is 28.8 Å². The first-order chi connectivity index (χ1) is 7.31. The molecule has 1 aromatic heterocycles. The highest BCUT2D eigenvalue weighted by molar-refractivity contribution is 6.33. The maximum absolute atomic E-state index is 10.0. The molecule has 1 aromatic carbocycles. The van der Waals surface area contributed by atoms with Crippen molar-refractivity contribution in [1.29, 1.82) is 0 Å². The Hall–Kier alpha value is -1.88. The van der Waals surface area contributed by atoms with Crippen LogP contribution in [0.2, 0.25) is 5.02 Å². The molecular formula is C9H5ClN2O3. The number of halogens is 1. The third-order valence-electron chi connectivity index (χ3n) is 1.67. The van der Waals surface area contributed by atoms with Gasteiger partial charge in [0.15, 0.2) is 0 Å². The second-order valence-corrected chi connectivity index (χ2v) is 2.99. The van der Waals surface area contributed by atoms with Crippen molar-refractivity contribution in [3.63, 3.8) is 0 Å². The molecule has 6 heteroatoms. The number of hydrogen-bond donors (Lipinski definition) is 0. The van der Waals surface area contributed by atoms with Crippen molar-refractivity contribution in [2.45, 2.75) is 0 Å². The molecule has 76 valence electrons. The number of ether oxygens (including phenoxy) is 1. The molecule has 0 aliphatic heterocycles. The van der Waals surface area contributed by atoms with Crippen LogP contribution in [-0.2, 0) is 4.79 Å². The number of aromatic nitrogens is 2. The van der Waals surface area contributed by atoms with Gasteiger partial charge in [0.25, 0.3) is 0 Å². The minimum atomic E-state index is -0.208. The number of carbonyl (C=O) groups excluding carboxylic acids is 1. The smallest absolute Gasteiger partial charge is 0.378 e. The molecule has 0 saturated heterocycles. The van der Waals surface area contributed by atoms with Crippen molar-refractivity contribution in [1.82, 2.24) is 10.1 Å². The van der Waals surface area contributed by atoms with E-state index in [1.807, 2.05) is 0 Å². The molecule has 0 saturated carbocycles. The molecule has 1 heterocycles. The standard InChI is InChI=1S/C9H5ClN2O3/c10-7-4-2-1-3-6(7)8-11-9(14-5-13)15-12-8/h1-5H. The molecule has 0 amide bonds. The van der Waals surface area contributed by atoms with E-state index in [1.54, 1.807) is 24.3 Å². The fourth-order valence-corrected chi connectivity index (χ4v) is 1.27. The summed E-state index contributed by atoms with van der Waals surface area (Å²) in [6.07, 6.45) is -0.208. The van der Waals surface area contributed by atoms with Gasteiger partial charge in [-0.05, 0) is 12.1 Å². The Morgan fingerprint density at radius 3 is 2.93 bits per heavy atom. The maximum atomic E-state index is 10.0. The average molecular weight is 225 g/mol. The molecule has 2 rings (SSSR count). The van der Waals surface area contributed by atoms with E-state index in [9.17, 15) is 4.79 Å². The lowest BCUT2D eigenvalue weighted by Crippen LogP contribution is -1.88. The maximum Gasteiger partial charge on any atom is 0.425 e. The Kier molecular flexibility index (Phi) is 2.64. The molecular weight excluding hydrogens is 220 g/mol. The zero-order chi connectivity index (χ0) is 10.7. The topological polar surface area (TPSA) is 65.2 Å². The second-order valence-electron chi connectivity index (χ2n) is 2.58. The van der Waals surface area contributed by atoms with Crippen molar-refractivity contribution in [3.05, 3.63) is 29.3 Å². The quantitative estimate of drug-likeness (QED) is 0.746.